The molecule has 3 aromatic carbocycles. The van der Waals surface area contributed by atoms with E-state index in [4.69, 9.17) is 34.8 Å². The third-order valence-electron chi connectivity index (χ3n) is 6.82. The predicted octanol–water partition coefficient (Wildman–Crippen LogP) is 7.04. The van der Waals surface area contributed by atoms with Crippen LogP contribution in [0, 0.1) is 19.8 Å². The molecule has 0 aromatic heterocycles. The van der Waals surface area contributed by atoms with Crippen LogP contribution in [0.4, 0.5) is 5.69 Å². The fourth-order valence-electron chi connectivity index (χ4n) is 4.39. The fraction of sp³-hybridized carbons (Fsp3) is 0.355. The van der Waals surface area contributed by atoms with Gasteiger partial charge in [0.2, 0.25) is 11.8 Å². The van der Waals surface area contributed by atoms with E-state index in [2.05, 4.69) is 5.32 Å². The van der Waals surface area contributed by atoms with Gasteiger partial charge in [-0.2, -0.15) is 0 Å². The van der Waals surface area contributed by atoms with Crippen LogP contribution in [0.1, 0.15) is 43.9 Å². The number of benzene rings is 3. The average Bonchev–Trinajstić information content (AvgIpc) is 2.93. The van der Waals surface area contributed by atoms with Crippen molar-refractivity contribution in [1.29, 1.82) is 0 Å². The van der Waals surface area contributed by atoms with E-state index >= 15 is 0 Å². The normalized spacial score (nSPS) is 12.2. The summed E-state index contributed by atoms with van der Waals surface area (Å²) in [6, 6.07) is 15.3. The minimum Gasteiger partial charge on any atom is -0.354 e. The molecule has 0 saturated carbocycles. The average molecular weight is 653 g/mol. The lowest BCUT2D eigenvalue weighted by atomic mass is 10.1. The molecule has 0 radical (unpaired) electrons. The molecule has 226 valence electrons. The van der Waals surface area contributed by atoms with Crippen molar-refractivity contribution in [3.63, 3.8) is 0 Å². The summed E-state index contributed by atoms with van der Waals surface area (Å²) in [6.45, 7) is 9.11. The smallest absolute Gasteiger partial charge is 0.264 e. The van der Waals surface area contributed by atoms with Crippen molar-refractivity contribution < 1.29 is 18.0 Å². The van der Waals surface area contributed by atoms with Crippen LogP contribution in [0.15, 0.2) is 65.6 Å². The number of halogens is 3. The fourth-order valence-corrected chi connectivity index (χ4v) is 6.50. The van der Waals surface area contributed by atoms with Gasteiger partial charge in [-0.05, 0) is 73.7 Å². The van der Waals surface area contributed by atoms with Crippen LogP contribution >= 0.6 is 34.8 Å². The van der Waals surface area contributed by atoms with Crippen molar-refractivity contribution in [2.24, 2.45) is 5.92 Å². The van der Waals surface area contributed by atoms with Crippen LogP contribution < -0.4 is 9.62 Å². The highest BCUT2D eigenvalue weighted by molar-refractivity contribution is 7.92. The Morgan fingerprint density at radius 3 is 2.19 bits per heavy atom. The first kappa shape index (κ1) is 33.7. The van der Waals surface area contributed by atoms with Gasteiger partial charge in [-0.1, -0.05) is 85.4 Å². The zero-order chi connectivity index (χ0) is 31.2. The molecule has 0 heterocycles. The Morgan fingerprint density at radius 2 is 1.60 bits per heavy atom. The van der Waals surface area contributed by atoms with Gasteiger partial charge in [0.15, 0.2) is 0 Å². The number of nitrogens with one attached hydrogen (secondary N) is 1. The molecule has 3 rings (SSSR count). The van der Waals surface area contributed by atoms with E-state index in [1.807, 2.05) is 20.8 Å². The van der Waals surface area contributed by atoms with E-state index in [1.165, 1.54) is 17.0 Å². The SMILES string of the molecule is CC[C@@H](C(=O)NCC(C)C)N(Cc1ccc(Cl)cc1Cl)C(=O)CN(c1cccc(Cl)c1C)S(=O)(=O)c1ccc(C)cc1. The largest absolute Gasteiger partial charge is 0.354 e. The summed E-state index contributed by atoms with van der Waals surface area (Å²) < 4.78 is 29.2. The summed E-state index contributed by atoms with van der Waals surface area (Å²) >= 11 is 19.0. The first-order valence-electron chi connectivity index (χ1n) is 13.6. The van der Waals surface area contributed by atoms with Crippen LogP contribution in [0.3, 0.4) is 0 Å². The van der Waals surface area contributed by atoms with E-state index < -0.39 is 28.5 Å². The Balaban J connectivity index is 2.11. The molecule has 2 amide bonds. The van der Waals surface area contributed by atoms with Gasteiger partial charge in [-0.25, -0.2) is 8.42 Å². The van der Waals surface area contributed by atoms with Crippen LogP contribution in [0.2, 0.25) is 15.1 Å². The number of rotatable bonds is 12. The van der Waals surface area contributed by atoms with E-state index in [0.717, 1.165) is 9.87 Å². The van der Waals surface area contributed by atoms with Crippen LogP contribution in [-0.4, -0.2) is 44.3 Å². The summed E-state index contributed by atoms with van der Waals surface area (Å²) in [5, 5.41) is 4.01. The molecule has 0 aliphatic carbocycles. The molecule has 1 atom stereocenters. The van der Waals surface area contributed by atoms with E-state index in [1.54, 1.807) is 62.4 Å². The van der Waals surface area contributed by atoms with Crippen LogP contribution in [-0.2, 0) is 26.2 Å². The number of aryl methyl sites for hydroxylation is 1. The first-order chi connectivity index (χ1) is 19.8. The lowest BCUT2D eigenvalue weighted by Gasteiger charge is -2.34. The second-order valence-corrected chi connectivity index (χ2v) is 13.6. The topological polar surface area (TPSA) is 86.8 Å². The van der Waals surface area contributed by atoms with Gasteiger partial charge in [-0.15, -0.1) is 0 Å². The van der Waals surface area contributed by atoms with Gasteiger partial charge >= 0.3 is 0 Å². The lowest BCUT2D eigenvalue weighted by molar-refractivity contribution is -0.140. The number of carbonyl (C=O) groups is 2. The summed E-state index contributed by atoms with van der Waals surface area (Å²) in [5.41, 5.74) is 2.21. The highest BCUT2D eigenvalue weighted by Gasteiger charge is 2.34. The second kappa shape index (κ2) is 14.6. The minimum atomic E-state index is -4.22. The van der Waals surface area contributed by atoms with Gasteiger partial charge < -0.3 is 10.2 Å². The van der Waals surface area contributed by atoms with Crippen molar-refractivity contribution in [1.82, 2.24) is 10.2 Å². The van der Waals surface area contributed by atoms with Crippen molar-refractivity contribution in [3.8, 4) is 0 Å². The van der Waals surface area contributed by atoms with Gasteiger partial charge in [0.25, 0.3) is 10.0 Å². The van der Waals surface area contributed by atoms with Crippen LogP contribution in [0.25, 0.3) is 0 Å². The Kier molecular flexibility index (Phi) is 11.7. The first-order valence-corrected chi connectivity index (χ1v) is 16.2. The monoisotopic (exact) mass is 651 g/mol. The van der Waals surface area contributed by atoms with Gasteiger partial charge in [0.05, 0.1) is 10.6 Å². The number of carbonyl (C=O) groups excluding carboxylic acids is 2. The van der Waals surface area contributed by atoms with Crippen molar-refractivity contribution in [2.45, 2.75) is 58.5 Å². The van der Waals surface area contributed by atoms with Crippen molar-refractivity contribution >= 4 is 62.3 Å². The number of hydrogen-bond acceptors (Lipinski definition) is 4. The van der Waals surface area contributed by atoms with E-state index in [0.29, 0.717) is 39.2 Å². The number of sulfonamides is 1. The molecular formula is C31H36Cl3N3O4S. The molecule has 0 spiro atoms. The summed E-state index contributed by atoms with van der Waals surface area (Å²) in [7, 11) is -4.22. The van der Waals surface area contributed by atoms with Crippen LogP contribution in [0.5, 0.6) is 0 Å². The zero-order valence-corrected chi connectivity index (χ0v) is 27.4. The molecular weight excluding hydrogens is 617 g/mol. The second-order valence-electron chi connectivity index (χ2n) is 10.5. The Morgan fingerprint density at radius 1 is 0.929 bits per heavy atom. The molecule has 0 bridgehead atoms. The molecule has 0 saturated heterocycles. The lowest BCUT2D eigenvalue weighted by Crippen LogP contribution is -2.52. The minimum absolute atomic E-state index is 0.0225. The summed E-state index contributed by atoms with van der Waals surface area (Å²) in [6.07, 6.45) is 0.293. The molecule has 3 aromatic rings. The molecule has 42 heavy (non-hydrogen) atoms. The summed E-state index contributed by atoms with van der Waals surface area (Å²) in [4.78, 5) is 29.0. The standard InChI is InChI=1S/C31H36Cl3N3O4S/c1-6-28(31(39)35-17-20(2)3)36(18-23-12-13-24(32)16-27(23)34)30(38)19-37(29-9-7-8-26(33)22(29)5)42(40,41)25-14-10-21(4)11-15-25/h7-16,20,28H,6,17-19H2,1-5H3,(H,35,39)/t28-/m0/s1. The Labute approximate surface area is 263 Å². The summed E-state index contributed by atoms with van der Waals surface area (Å²) in [5.74, 6) is -0.721. The molecule has 0 fully saturated rings. The maximum Gasteiger partial charge on any atom is 0.264 e. The quantitative estimate of drug-likeness (QED) is 0.227. The Bertz CT molecular complexity index is 1530. The Hall–Kier alpha value is -2.78. The molecule has 0 unspecified atom stereocenters. The number of nitrogens with zero attached hydrogens (tertiary/aromatic N) is 2. The molecule has 7 nitrogen and oxygen atoms in total. The van der Waals surface area contributed by atoms with Gasteiger partial charge in [-0.3, -0.25) is 13.9 Å². The number of hydrogen-bond donors (Lipinski definition) is 1. The molecule has 0 aliphatic heterocycles. The molecule has 1 N–H and O–H groups in total. The van der Waals surface area contributed by atoms with Crippen molar-refractivity contribution in [3.05, 3.63) is 92.4 Å². The third-order valence-corrected chi connectivity index (χ3v) is 9.59. The predicted molar refractivity (Wildman–Crippen MR) is 171 cm³/mol. The van der Waals surface area contributed by atoms with Gasteiger partial charge in [0, 0.05) is 28.2 Å². The van der Waals surface area contributed by atoms with Crippen molar-refractivity contribution in [2.75, 3.05) is 17.4 Å². The molecule has 11 heteroatoms. The van der Waals surface area contributed by atoms with E-state index in [-0.39, 0.29) is 29.0 Å². The number of anilines is 1. The maximum absolute atomic E-state index is 14.2. The highest BCUT2D eigenvalue weighted by Crippen LogP contribution is 2.32. The number of amides is 2. The third kappa shape index (κ3) is 8.19. The van der Waals surface area contributed by atoms with Gasteiger partial charge in [0.1, 0.15) is 12.6 Å². The van der Waals surface area contributed by atoms with E-state index in [9.17, 15) is 18.0 Å². The highest BCUT2D eigenvalue weighted by atomic mass is 35.5. The molecule has 0 aliphatic rings. The maximum atomic E-state index is 14.2. The zero-order valence-electron chi connectivity index (χ0n) is 24.3.